The minimum atomic E-state index is -4.19. The zero-order valence-corrected chi connectivity index (χ0v) is 9.20. The Morgan fingerprint density at radius 1 is 1.40 bits per heavy atom. The van der Waals surface area contributed by atoms with E-state index in [4.69, 9.17) is 13.0 Å². The van der Waals surface area contributed by atoms with Gasteiger partial charge in [-0.25, -0.2) is 0 Å². The summed E-state index contributed by atoms with van der Waals surface area (Å²) in [5.74, 6) is 0. The molecule has 1 rings (SSSR count). The molecule has 15 heavy (non-hydrogen) atoms. The van der Waals surface area contributed by atoms with E-state index in [2.05, 4.69) is 10.7 Å². The summed E-state index contributed by atoms with van der Waals surface area (Å²) in [4.78, 5) is 9.85. The fourth-order valence-corrected chi connectivity index (χ4v) is 0.768. The van der Waals surface area contributed by atoms with Crippen molar-refractivity contribution in [1.82, 2.24) is 0 Å². The van der Waals surface area contributed by atoms with Gasteiger partial charge < -0.3 is 0 Å². The summed E-state index contributed by atoms with van der Waals surface area (Å²) in [6.07, 6.45) is 0. The van der Waals surface area contributed by atoms with Crippen molar-refractivity contribution in [3.63, 3.8) is 0 Å². The van der Waals surface area contributed by atoms with E-state index >= 15 is 0 Å². The first-order chi connectivity index (χ1) is 6.72. The molecule has 0 radical (unpaired) electrons. The lowest BCUT2D eigenvalue weighted by Crippen LogP contribution is -1.89. The summed E-state index contributed by atoms with van der Waals surface area (Å²) >= 11 is 0. The lowest BCUT2D eigenvalue weighted by molar-refractivity contribution is -0.385. The van der Waals surface area contributed by atoms with Gasteiger partial charge in [-0.05, 0) is 6.92 Å². The Hall–Kier alpha value is -1.18. The van der Waals surface area contributed by atoms with E-state index in [0.29, 0.717) is 5.56 Å². The molecule has 0 saturated carbocycles. The molecular weight excluding hydrogens is 246 g/mol. The van der Waals surface area contributed by atoms with Crippen molar-refractivity contribution in [1.29, 1.82) is 0 Å². The lowest BCUT2D eigenvalue weighted by atomic mass is 10.2. The van der Waals surface area contributed by atoms with Gasteiger partial charge in [0.2, 0.25) is 0 Å². The predicted molar refractivity (Wildman–Crippen MR) is 55.2 cm³/mol. The van der Waals surface area contributed by atoms with Crippen molar-refractivity contribution in [3.8, 4) is 0 Å². The molecule has 1 aromatic carbocycles. The van der Waals surface area contributed by atoms with Crippen molar-refractivity contribution in [3.05, 3.63) is 39.9 Å². The molecule has 84 valence electrons. The normalized spacial score (nSPS) is 10.1. The fourth-order valence-electron chi connectivity index (χ4n) is 0.768. The molecule has 0 aromatic heterocycles. The summed E-state index contributed by atoms with van der Waals surface area (Å²) in [5.41, 5.74) is 0.884. The molecule has 0 fully saturated rings. The van der Waals surface area contributed by atoms with Gasteiger partial charge in [0, 0.05) is 22.3 Å². The Bertz CT molecular complexity index is 436. The molecule has 0 bridgehead atoms. The summed E-state index contributed by atoms with van der Waals surface area (Å²) in [6, 6.07) is 6.65. The van der Waals surface area contributed by atoms with Crippen LogP contribution in [0.25, 0.3) is 0 Å². The number of aryl methyl sites for hydroxylation is 1. The molecule has 1 aromatic rings. The Morgan fingerprint density at radius 3 is 2.07 bits per heavy atom. The van der Waals surface area contributed by atoms with Crippen molar-refractivity contribution >= 4 is 25.7 Å². The highest BCUT2D eigenvalue weighted by atomic mass is 35.7. The van der Waals surface area contributed by atoms with Gasteiger partial charge in [0.05, 0.1) is 4.92 Å². The number of para-hydroxylation sites is 1. The Balaban J connectivity index is 0.000000336. The molecule has 6 nitrogen and oxygen atoms in total. The molecule has 0 aliphatic heterocycles. The van der Waals surface area contributed by atoms with Crippen molar-refractivity contribution < 1.29 is 17.9 Å². The van der Waals surface area contributed by atoms with Crippen LogP contribution in [0.2, 0.25) is 0 Å². The first-order valence-electron chi connectivity index (χ1n) is 3.59. The zero-order valence-electron chi connectivity index (χ0n) is 7.62. The quantitative estimate of drug-likeness (QED) is 0.357. The summed E-state index contributed by atoms with van der Waals surface area (Å²) in [7, 11) is -0.137. The second kappa shape index (κ2) is 5.64. The number of rotatable bonds is 1. The number of hydrogen-bond donors (Lipinski definition) is 1. The first-order valence-corrected chi connectivity index (χ1v) is 5.85. The molecule has 0 atom stereocenters. The van der Waals surface area contributed by atoms with Gasteiger partial charge in [-0.15, -0.1) is 0 Å². The van der Waals surface area contributed by atoms with Crippen LogP contribution in [0.1, 0.15) is 5.56 Å². The lowest BCUT2D eigenvalue weighted by Gasteiger charge is -1.92. The molecule has 0 saturated heterocycles. The molecule has 0 aliphatic carbocycles. The van der Waals surface area contributed by atoms with E-state index in [1.165, 1.54) is 6.07 Å². The SMILES string of the molecule is Cc1ccccc1[N+](=O)[O-].O=S(=O)(O)Cl. The van der Waals surface area contributed by atoms with Crippen LogP contribution in [-0.4, -0.2) is 17.9 Å². The zero-order chi connectivity index (χ0) is 12.1. The maximum Gasteiger partial charge on any atom is 0.353 e. The fraction of sp³-hybridized carbons (Fsp3) is 0.143. The Labute approximate surface area is 90.9 Å². The average molecular weight is 254 g/mol. The number of benzene rings is 1. The van der Waals surface area contributed by atoms with Crippen LogP contribution in [-0.2, 0) is 9.33 Å². The van der Waals surface area contributed by atoms with Gasteiger partial charge in [0.25, 0.3) is 5.69 Å². The van der Waals surface area contributed by atoms with Gasteiger partial charge in [0.15, 0.2) is 0 Å². The maximum atomic E-state index is 10.2. The van der Waals surface area contributed by atoms with Gasteiger partial charge in [-0.3, -0.25) is 14.7 Å². The monoisotopic (exact) mass is 253 g/mol. The van der Waals surface area contributed by atoms with Crippen LogP contribution >= 0.6 is 10.7 Å². The second-order valence-electron chi connectivity index (χ2n) is 2.46. The number of nitro benzene ring substituents is 1. The van der Waals surface area contributed by atoms with Gasteiger partial charge in [0.1, 0.15) is 0 Å². The third-order valence-corrected chi connectivity index (χ3v) is 1.31. The average Bonchev–Trinajstić information content (AvgIpc) is 2.01. The smallest absolute Gasteiger partial charge is 0.273 e. The largest absolute Gasteiger partial charge is 0.353 e. The number of halogens is 1. The Kier molecular flexibility index (Phi) is 5.20. The summed E-state index contributed by atoms with van der Waals surface area (Å²) < 4.78 is 25.2. The van der Waals surface area contributed by atoms with Crippen LogP contribution in [0.15, 0.2) is 24.3 Å². The van der Waals surface area contributed by atoms with Crippen LogP contribution in [0.3, 0.4) is 0 Å². The molecule has 1 N–H and O–H groups in total. The van der Waals surface area contributed by atoms with Gasteiger partial charge >= 0.3 is 9.33 Å². The highest BCUT2D eigenvalue weighted by molar-refractivity contribution is 8.09. The third kappa shape index (κ3) is 7.86. The highest BCUT2D eigenvalue weighted by Gasteiger charge is 2.05. The molecule has 0 heterocycles. The molecule has 0 unspecified atom stereocenters. The van der Waals surface area contributed by atoms with Crippen molar-refractivity contribution in [2.75, 3.05) is 0 Å². The molecule has 8 heteroatoms. The highest BCUT2D eigenvalue weighted by Crippen LogP contribution is 2.14. The number of hydrogen-bond acceptors (Lipinski definition) is 4. The van der Waals surface area contributed by atoms with Gasteiger partial charge in [-0.2, -0.15) is 8.42 Å². The predicted octanol–water partition coefficient (Wildman–Crippen LogP) is 1.93. The first kappa shape index (κ1) is 13.8. The molecular formula is C7H8ClNO5S. The van der Waals surface area contributed by atoms with Crippen molar-refractivity contribution in [2.24, 2.45) is 0 Å². The van der Waals surface area contributed by atoms with E-state index in [1.54, 1.807) is 25.1 Å². The van der Waals surface area contributed by atoms with Crippen LogP contribution in [0.5, 0.6) is 0 Å². The van der Waals surface area contributed by atoms with Gasteiger partial charge in [-0.1, -0.05) is 18.2 Å². The van der Waals surface area contributed by atoms with E-state index in [1.807, 2.05) is 0 Å². The van der Waals surface area contributed by atoms with E-state index in [9.17, 15) is 10.1 Å². The van der Waals surface area contributed by atoms with Crippen molar-refractivity contribution in [2.45, 2.75) is 6.92 Å². The maximum absolute atomic E-state index is 10.2. The topological polar surface area (TPSA) is 97.5 Å². The van der Waals surface area contributed by atoms with Crippen LogP contribution in [0, 0.1) is 17.0 Å². The Morgan fingerprint density at radius 2 is 1.80 bits per heavy atom. The number of nitrogens with zero attached hydrogens (tertiary/aromatic N) is 1. The van der Waals surface area contributed by atoms with E-state index in [-0.39, 0.29) is 10.6 Å². The second-order valence-corrected chi connectivity index (χ2v) is 4.45. The van der Waals surface area contributed by atoms with Crippen LogP contribution < -0.4 is 0 Å². The van der Waals surface area contributed by atoms with Crippen LogP contribution in [0.4, 0.5) is 5.69 Å². The minimum absolute atomic E-state index is 0.183. The molecule has 0 amide bonds. The third-order valence-electron chi connectivity index (χ3n) is 1.31. The minimum Gasteiger partial charge on any atom is -0.273 e. The standard InChI is InChI=1S/C7H7NO2.ClHO3S/c1-6-4-2-3-5-7(6)8(9)10;1-5(2,3)4/h2-5H,1H3;(H,2,3,4). The molecule has 0 aliphatic rings. The molecule has 0 spiro atoms. The van der Waals surface area contributed by atoms with E-state index in [0.717, 1.165) is 0 Å². The van der Waals surface area contributed by atoms with E-state index < -0.39 is 9.33 Å². The number of nitro groups is 1. The summed E-state index contributed by atoms with van der Waals surface area (Å²) in [6.45, 7) is 1.72. The summed E-state index contributed by atoms with van der Waals surface area (Å²) in [5, 5.41) is 10.2.